The molecule has 156 valence electrons. The fourth-order valence-electron chi connectivity index (χ4n) is 5.46. The number of rotatable bonds is 4. The summed E-state index contributed by atoms with van der Waals surface area (Å²) >= 11 is 0. The number of hydrogen-bond acceptors (Lipinski definition) is 5. The summed E-state index contributed by atoms with van der Waals surface area (Å²) in [4.78, 5) is 2.15. The van der Waals surface area contributed by atoms with Crippen LogP contribution in [0.5, 0.6) is 5.75 Å². The lowest BCUT2D eigenvalue weighted by Crippen LogP contribution is -2.24. The molecule has 5 rings (SSSR count). The molecule has 1 aliphatic heterocycles. The first-order chi connectivity index (χ1) is 14.2. The number of nitrogens with zero attached hydrogens (tertiary/aromatic N) is 3. The summed E-state index contributed by atoms with van der Waals surface area (Å²) in [5, 5.41) is 23.4. The Morgan fingerprint density at radius 1 is 1.17 bits per heavy atom. The smallest absolute Gasteiger partial charge is 0.169 e. The third-order valence-electron chi connectivity index (χ3n) is 7.00. The van der Waals surface area contributed by atoms with E-state index in [9.17, 15) is 10.3 Å². The number of pyridine rings is 1. The van der Waals surface area contributed by atoms with Crippen molar-refractivity contribution in [3.63, 3.8) is 0 Å². The molecule has 2 heterocycles. The van der Waals surface area contributed by atoms with Crippen LogP contribution >= 0.6 is 0 Å². The van der Waals surface area contributed by atoms with Gasteiger partial charge in [-0.2, -0.15) is 0 Å². The van der Waals surface area contributed by atoms with Crippen LogP contribution in [0.1, 0.15) is 50.1 Å². The lowest BCUT2D eigenvalue weighted by Gasteiger charge is -2.25. The first-order valence-corrected chi connectivity index (χ1v) is 10.6. The van der Waals surface area contributed by atoms with E-state index in [1.165, 1.54) is 31.7 Å². The number of methoxy groups -OCH3 is 1. The van der Waals surface area contributed by atoms with E-state index in [-0.39, 0.29) is 17.8 Å². The standard InChI is InChI=1S/C22H28FN3O3/c1-29-22-20-17(19(24-28)15(12-27)11-26(20)16-6-7-16)8-18(23)21(22)25-9-13-4-2-3-5-14(13)10-25/h8,11,13-14,16,27-28H,2-7,9-10,12H2,1H3/b24-19+/t13-,14+. The predicted molar refractivity (Wildman–Crippen MR) is 108 cm³/mol. The summed E-state index contributed by atoms with van der Waals surface area (Å²) in [6.45, 7) is 1.45. The van der Waals surface area contributed by atoms with E-state index < -0.39 is 0 Å². The number of hydrogen-bond donors (Lipinski definition) is 2. The zero-order valence-electron chi connectivity index (χ0n) is 16.8. The summed E-state index contributed by atoms with van der Waals surface area (Å²) in [5.41, 5.74) is 1.74. The van der Waals surface area contributed by atoms with Crippen molar-refractivity contribution in [2.45, 2.75) is 51.2 Å². The van der Waals surface area contributed by atoms with E-state index in [4.69, 9.17) is 4.74 Å². The molecule has 1 saturated heterocycles. The Balaban J connectivity index is 1.74. The summed E-state index contributed by atoms with van der Waals surface area (Å²) in [5.74, 6) is 1.38. The molecule has 6 nitrogen and oxygen atoms in total. The largest absolute Gasteiger partial charge is 0.492 e. The summed E-state index contributed by atoms with van der Waals surface area (Å²) in [6, 6.07) is 1.74. The Morgan fingerprint density at radius 3 is 2.41 bits per heavy atom. The van der Waals surface area contributed by atoms with Crippen LogP contribution in [0.3, 0.4) is 0 Å². The molecule has 0 spiro atoms. The molecule has 2 atom stereocenters. The molecule has 29 heavy (non-hydrogen) atoms. The Bertz CT molecular complexity index is 1000. The van der Waals surface area contributed by atoms with Gasteiger partial charge in [-0.3, -0.25) is 0 Å². The highest BCUT2D eigenvalue weighted by atomic mass is 19.1. The molecular weight excluding hydrogens is 373 g/mol. The molecule has 2 N–H and O–H groups in total. The molecule has 0 amide bonds. The third kappa shape index (κ3) is 2.98. The first-order valence-electron chi connectivity index (χ1n) is 10.6. The van der Waals surface area contributed by atoms with Gasteiger partial charge in [0.05, 0.1) is 19.2 Å². The van der Waals surface area contributed by atoms with Crippen LogP contribution in [0.25, 0.3) is 10.9 Å². The fraction of sp³-hybridized carbons (Fsp3) is 0.591. The molecule has 0 bridgehead atoms. The van der Waals surface area contributed by atoms with Gasteiger partial charge < -0.3 is 24.5 Å². The molecule has 3 aliphatic rings. The van der Waals surface area contributed by atoms with Crippen molar-refractivity contribution < 1.29 is 19.4 Å². The van der Waals surface area contributed by atoms with Gasteiger partial charge in [-0.1, -0.05) is 18.0 Å². The molecule has 0 unspecified atom stereocenters. The number of benzene rings is 1. The molecule has 3 fully saturated rings. The number of aliphatic hydroxyl groups is 1. The van der Waals surface area contributed by atoms with Gasteiger partial charge in [0, 0.05) is 36.3 Å². The monoisotopic (exact) mass is 401 g/mol. The topological polar surface area (TPSA) is 70.2 Å². The van der Waals surface area contributed by atoms with Gasteiger partial charge in [0.25, 0.3) is 0 Å². The van der Waals surface area contributed by atoms with Crippen molar-refractivity contribution >= 4 is 16.6 Å². The second kappa shape index (κ2) is 7.20. The Hall–Kier alpha value is -2.28. The van der Waals surface area contributed by atoms with E-state index in [1.807, 2.05) is 6.20 Å². The van der Waals surface area contributed by atoms with Crippen LogP contribution in [0.15, 0.2) is 17.4 Å². The molecule has 2 saturated carbocycles. The van der Waals surface area contributed by atoms with Crippen LogP contribution in [0, 0.1) is 17.7 Å². The molecule has 0 radical (unpaired) electrons. The maximum absolute atomic E-state index is 15.5. The van der Waals surface area contributed by atoms with E-state index >= 15 is 4.39 Å². The van der Waals surface area contributed by atoms with Gasteiger partial charge in [0.1, 0.15) is 11.0 Å². The average Bonchev–Trinajstić information content (AvgIpc) is 3.49. The van der Waals surface area contributed by atoms with Gasteiger partial charge in [-0.15, -0.1) is 0 Å². The van der Waals surface area contributed by atoms with Gasteiger partial charge in [0.15, 0.2) is 11.6 Å². The van der Waals surface area contributed by atoms with Crippen molar-refractivity contribution in [3.8, 4) is 5.75 Å². The molecule has 7 heteroatoms. The van der Waals surface area contributed by atoms with Crippen LogP contribution in [-0.4, -0.2) is 35.1 Å². The minimum atomic E-state index is -0.365. The zero-order chi connectivity index (χ0) is 20.1. The van der Waals surface area contributed by atoms with Crippen LogP contribution in [0.4, 0.5) is 10.1 Å². The van der Waals surface area contributed by atoms with Crippen LogP contribution < -0.4 is 15.0 Å². The Labute approximate surface area is 169 Å². The highest BCUT2D eigenvalue weighted by Crippen LogP contribution is 2.46. The van der Waals surface area contributed by atoms with E-state index in [0.717, 1.165) is 31.4 Å². The second-order valence-corrected chi connectivity index (χ2v) is 8.75. The lowest BCUT2D eigenvalue weighted by molar-refractivity contribution is 0.270. The molecule has 1 aromatic carbocycles. The first kappa shape index (κ1) is 18.7. The maximum atomic E-state index is 15.5. The molecular formula is C22H28FN3O3. The number of fused-ring (bicyclic) bond motifs is 2. The normalized spacial score (nSPS) is 24.9. The van der Waals surface area contributed by atoms with Crippen LogP contribution in [0.2, 0.25) is 0 Å². The van der Waals surface area contributed by atoms with Gasteiger partial charge >= 0.3 is 0 Å². The Kier molecular flexibility index (Phi) is 4.65. The van der Waals surface area contributed by atoms with Gasteiger partial charge in [-0.25, -0.2) is 4.39 Å². The van der Waals surface area contributed by atoms with E-state index in [2.05, 4.69) is 14.6 Å². The van der Waals surface area contributed by atoms with Crippen LogP contribution in [-0.2, 0) is 6.61 Å². The van der Waals surface area contributed by atoms with Crippen molar-refractivity contribution in [2.24, 2.45) is 17.0 Å². The van der Waals surface area contributed by atoms with Gasteiger partial charge in [0.2, 0.25) is 0 Å². The fourth-order valence-corrected chi connectivity index (χ4v) is 5.46. The lowest BCUT2D eigenvalue weighted by atomic mass is 9.82. The quantitative estimate of drug-likeness (QED) is 0.607. The second-order valence-electron chi connectivity index (χ2n) is 8.75. The van der Waals surface area contributed by atoms with E-state index in [0.29, 0.717) is 40.3 Å². The summed E-state index contributed by atoms with van der Waals surface area (Å²) < 4.78 is 23.4. The summed E-state index contributed by atoms with van der Waals surface area (Å²) in [6.07, 6.45) is 8.85. The SMILES string of the molecule is COc1c(N2C[C@H]3CCCC[C@H]3C2)c(F)cc2/c(=N/O)c(CO)cn(C3CC3)c12. The summed E-state index contributed by atoms with van der Waals surface area (Å²) in [7, 11) is 1.58. The van der Waals surface area contributed by atoms with Crippen molar-refractivity contribution in [2.75, 3.05) is 25.1 Å². The van der Waals surface area contributed by atoms with Crippen molar-refractivity contribution in [1.82, 2.24) is 4.57 Å². The zero-order valence-corrected chi connectivity index (χ0v) is 16.8. The third-order valence-corrected chi connectivity index (χ3v) is 7.00. The number of anilines is 1. The molecule has 1 aromatic heterocycles. The van der Waals surface area contributed by atoms with Crippen molar-refractivity contribution in [3.05, 3.63) is 29.0 Å². The van der Waals surface area contributed by atoms with Crippen molar-refractivity contribution in [1.29, 1.82) is 0 Å². The number of ether oxygens (including phenoxy) is 1. The number of aliphatic hydroxyl groups excluding tert-OH is 1. The molecule has 2 aliphatic carbocycles. The molecule has 2 aromatic rings. The predicted octanol–water partition coefficient (Wildman–Crippen LogP) is 3.53. The van der Waals surface area contributed by atoms with E-state index in [1.54, 1.807) is 7.11 Å². The number of aromatic nitrogens is 1. The highest BCUT2D eigenvalue weighted by molar-refractivity contribution is 5.92. The highest BCUT2D eigenvalue weighted by Gasteiger charge is 2.37. The minimum Gasteiger partial charge on any atom is -0.492 e. The van der Waals surface area contributed by atoms with Gasteiger partial charge in [-0.05, 0) is 43.6 Å². The number of halogens is 1. The maximum Gasteiger partial charge on any atom is 0.169 e. The Morgan fingerprint density at radius 2 is 1.86 bits per heavy atom. The minimum absolute atomic E-state index is 0.207. The average molecular weight is 401 g/mol.